The van der Waals surface area contributed by atoms with Gasteiger partial charge in [-0.2, -0.15) is 0 Å². The van der Waals surface area contributed by atoms with E-state index in [1.807, 2.05) is 30.3 Å². The van der Waals surface area contributed by atoms with E-state index >= 15 is 0 Å². The Labute approximate surface area is 112 Å². The van der Waals surface area contributed by atoms with Gasteiger partial charge in [-0.05, 0) is 31.2 Å². The highest BCUT2D eigenvalue weighted by atomic mass is 16.4. The maximum absolute atomic E-state index is 8.80. The van der Waals surface area contributed by atoms with Crippen LogP contribution in [-0.2, 0) is 13.1 Å². The van der Waals surface area contributed by atoms with E-state index in [4.69, 9.17) is 9.62 Å². The molecule has 0 atom stereocenters. The lowest BCUT2D eigenvalue weighted by atomic mass is 10.3. The third-order valence-corrected chi connectivity index (χ3v) is 2.69. The fraction of sp³-hybridized carbons (Fsp3) is 0.286. The fourth-order valence-electron chi connectivity index (χ4n) is 1.87. The molecular formula is C14H17N3O2. The average Bonchev–Trinajstić information content (AvgIpc) is 2.92. The van der Waals surface area contributed by atoms with E-state index in [0.717, 1.165) is 11.5 Å². The zero-order chi connectivity index (χ0) is 13.5. The normalized spacial score (nSPS) is 12.0. The molecule has 0 amide bonds. The van der Waals surface area contributed by atoms with Crippen LogP contribution in [0, 0.1) is 0 Å². The highest BCUT2D eigenvalue weighted by Gasteiger charge is 2.11. The van der Waals surface area contributed by atoms with E-state index in [1.54, 1.807) is 19.4 Å². The van der Waals surface area contributed by atoms with E-state index in [0.29, 0.717) is 25.3 Å². The molecule has 0 bridgehead atoms. The van der Waals surface area contributed by atoms with E-state index in [1.165, 1.54) is 0 Å². The highest BCUT2D eigenvalue weighted by Crippen LogP contribution is 2.09. The third kappa shape index (κ3) is 4.22. The number of hydrogen-bond donors (Lipinski definition) is 1. The molecule has 0 spiro atoms. The van der Waals surface area contributed by atoms with Crippen LogP contribution in [0.5, 0.6) is 0 Å². The van der Waals surface area contributed by atoms with Crippen molar-refractivity contribution in [2.45, 2.75) is 20.0 Å². The van der Waals surface area contributed by atoms with Crippen molar-refractivity contribution in [2.75, 3.05) is 6.54 Å². The van der Waals surface area contributed by atoms with Crippen molar-refractivity contribution in [2.24, 2.45) is 5.16 Å². The number of nitrogens with zero attached hydrogens (tertiary/aromatic N) is 3. The molecule has 1 N–H and O–H groups in total. The molecule has 0 aliphatic carbocycles. The molecule has 2 aromatic heterocycles. The minimum Gasteiger partial charge on any atom is -0.468 e. The summed E-state index contributed by atoms with van der Waals surface area (Å²) in [6.45, 7) is 3.67. The number of oxime groups is 1. The van der Waals surface area contributed by atoms with Crippen LogP contribution in [0.15, 0.2) is 52.4 Å². The Hall–Kier alpha value is -2.14. The summed E-state index contributed by atoms with van der Waals surface area (Å²) in [4.78, 5) is 6.41. The molecule has 5 heteroatoms. The monoisotopic (exact) mass is 259 g/mol. The Morgan fingerprint density at radius 3 is 2.84 bits per heavy atom. The van der Waals surface area contributed by atoms with Crippen molar-refractivity contribution in [3.63, 3.8) is 0 Å². The fourth-order valence-corrected chi connectivity index (χ4v) is 1.87. The summed E-state index contributed by atoms with van der Waals surface area (Å²) >= 11 is 0. The van der Waals surface area contributed by atoms with Crippen LogP contribution in [0.2, 0.25) is 0 Å². The molecule has 2 heterocycles. The van der Waals surface area contributed by atoms with Gasteiger partial charge in [0.05, 0.1) is 24.2 Å². The van der Waals surface area contributed by atoms with Gasteiger partial charge in [-0.3, -0.25) is 9.88 Å². The Balaban J connectivity index is 2.05. The van der Waals surface area contributed by atoms with Crippen LogP contribution in [0.4, 0.5) is 0 Å². The Morgan fingerprint density at radius 1 is 1.32 bits per heavy atom. The molecule has 100 valence electrons. The van der Waals surface area contributed by atoms with Gasteiger partial charge in [-0.15, -0.1) is 0 Å². The quantitative estimate of drug-likeness (QED) is 0.492. The van der Waals surface area contributed by atoms with Crippen LogP contribution in [-0.4, -0.2) is 27.3 Å². The van der Waals surface area contributed by atoms with Gasteiger partial charge in [0.15, 0.2) is 0 Å². The topological polar surface area (TPSA) is 61.9 Å². The van der Waals surface area contributed by atoms with Crippen LogP contribution in [0.1, 0.15) is 18.4 Å². The van der Waals surface area contributed by atoms with Gasteiger partial charge in [-0.1, -0.05) is 11.2 Å². The van der Waals surface area contributed by atoms with Crippen molar-refractivity contribution in [1.29, 1.82) is 0 Å². The summed E-state index contributed by atoms with van der Waals surface area (Å²) in [5.41, 5.74) is 1.63. The van der Waals surface area contributed by atoms with Gasteiger partial charge in [0, 0.05) is 19.3 Å². The molecule has 2 rings (SSSR count). The summed E-state index contributed by atoms with van der Waals surface area (Å²) in [5, 5.41) is 12.0. The summed E-state index contributed by atoms with van der Waals surface area (Å²) in [7, 11) is 0. The van der Waals surface area contributed by atoms with Crippen molar-refractivity contribution < 1.29 is 9.62 Å². The standard InChI is InChI=1S/C14H17N3O2/c1-12(16-18)9-17(11-14-6-4-8-19-14)10-13-5-2-3-7-15-13/h2-8,18H,9-11H2,1H3/b16-12+. The van der Waals surface area contributed by atoms with E-state index in [2.05, 4.69) is 15.0 Å². The summed E-state index contributed by atoms with van der Waals surface area (Å²) in [6.07, 6.45) is 3.43. The number of hydrogen-bond acceptors (Lipinski definition) is 5. The van der Waals surface area contributed by atoms with Crippen molar-refractivity contribution in [1.82, 2.24) is 9.88 Å². The molecule has 2 aromatic rings. The highest BCUT2D eigenvalue weighted by molar-refractivity contribution is 5.83. The molecular weight excluding hydrogens is 242 g/mol. The molecule has 0 aliphatic heterocycles. The Morgan fingerprint density at radius 2 is 2.21 bits per heavy atom. The molecule has 0 aromatic carbocycles. The second-order valence-electron chi connectivity index (χ2n) is 4.38. The van der Waals surface area contributed by atoms with Crippen LogP contribution < -0.4 is 0 Å². The minimum atomic E-state index is 0.563. The first-order chi connectivity index (χ1) is 9.28. The number of rotatable bonds is 6. The predicted octanol–water partition coefficient (Wildman–Crippen LogP) is 2.53. The van der Waals surface area contributed by atoms with Gasteiger partial charge >= 0.3 is 0 Å². The maximum atomic E-state index is 8.80. The number of aromatic nitrogens is 1. The van der Waals surface area contributed by atoms with E-state index in [9.17, 15) is 0 Å². The second kappa shape index (κ2) is 6.70. The van der Waals surface area contributed by atoms with E-state index in [-0.39, 0.29) is 0 Å². The first-order valence-corrected chi connectivity index (χ1v) is 6.10. The summed E-state index contributed by atoms with van der Waals surface area (Å²) < 4.78 is 5.35. The largest absolute Gasteiger partial charge is 0.468 e. The lowest BCUT2D eigenvalue weighted by Gasteiger charge is -2.20. The van der Waals surface area contributed by atoms with Crippen LogP contribution in [0.3, 0.4) is 0 Å². The Kier molecular flexibility index (Phi) is 4.69. The molecule has 5 nitrogen and oxygen atoms in total. The molecule has 0 saturated carbocycles. The van der Waals surface area contributed by atoms with Crippen molar-refractivity contribution >= 4 is 5.71 Å². The van der Waals surface area contributed by atoms with Crippen LogP contribution >= 0.6 is 0 Å². The van der Waals surface area contributed by atoms with E-state index < -0.39 is 0 Å². The smallest absolute Gasteiger partial charge is 0.117 e. The molecule has 0 fully saturated rings. The Bertz CT molecular complexity index is 509. The van der Waals surface area contributed by atoms with Crippen molar-refractivity contribution in [3.05, 3.63) is 54.2 Å². The molecule has 19 heavy (non-hydrogen) atoms. The van der Waals surface area contributed by atoms with Gasteiger partial charge in [0.1, 0.15) is 5.76 Å². The molecule has 0 saturated heterocycles. The summed E-state index contributed by atoms with van der Waals surface area (Å²) in [6, 6.07) is 9.61. The van der Waals surface area contributed by atoms with Gasteiger partial charge in [0.25, 0.3) is 0 Å². The minimum absolute atomic E-state index is 0.563. The number of pyridine rings is 1. The van der Waals surface area contributed by atoms with Gasteiger partial charge in [-0.25, -0.2) is 0 Å². The average molecular weight is 259 g/mol. The zero-order valence-electron chi connectivity index (χ0n) is 10.9. The molecule has 0 unspecified atom stereocenters. The van der Waals surface area contributed by atoms with Crippen molar-refractivity contribution in [3.8, 4) is 0 Å². The lowest BCUT2D eigenvalue weighted by Crippen LogP contribution is -2.28. The zero-order valence-corrected chi connectivity index (χ0v) is 10.9. The van der Waals surface area contributed by atoms with Crippen LogP contribution in [0.25, 0.3) is 0 Å². The lowest BCUT2D eigenvalue weighted by molar-refractivity contribution is 0.257. The maximum Gasteiger partial charge on any atom is 0.117 e. The second-order valence-corrected chi connectivity index (χ2v) is 4.38. The third-order valence-electron chi connectivity index (χ3n) is 2.69. The molecule has 0 aliphatic rings. The first-order valence-electron chi connectivity index (χ1n) is 6.10. The van der Waals surface area contributed by atoms with Gasteiger partial charge < -0.3 is 9.62 Å². The summed E-state index contributed by atoms with van der Waals surface area (Å²) in [5.74, 6) is 0.877. The first kappa shape index (κ1) is 13.3. The SMILES string of the molecule is C/C(CN(Cc1ccccn1)Cc1ccco1)=N\O. The number of furan rings is 1. The molecule has 0 radical (unpaired) electrons. The predicted molar refractivity (Wildman–Crippen MR) is 72.0 cm³/mol. The van der Waals surface area contributed by atoms with Gasteiger partial charge in [0.2, 0.25) is 0 Å².